The fourth-order valence-corrected chi connectivity index (χ4v) is 2.31. The van der Waals surface area contributed by atoms with E-state index in [1.807, 2.05) is 54.6 Å². The second-order valence-electron chi connectivity index (χ2n) is 5.69. The second kappa shape index (κ2) is 9.15. The molecule has 0 saturated heterocycles. The van der Waals surface area contributed by atoms with Crippen LogP contribution in [-0.2, 0) is 6.61 Å². The van der Waals surface area contributed by atoms with Crippen LogP contribution in [0.25, 0.3) is 0 Å². The minimum Gasteiger partial charge on any atom is -0.489 e. The number of carbonyl (C=O) groups excluding carboxylic acids is 1. The molecule has 0 saturated carbocycles. The predicted octanol–water partition coefficient (Wildman–Crippen LogP) is 3.72. The van der Waals surface area contributed by atoms with Gasteiger partial charge in [0.15, 0.2) is 0 Å². The molecular weight excluding hydrogens is 340 g/mol. The highest BCUT2D eigenvalue weighted by atomic mass is 16.5. The molecule has 1 aromatic heterocycles. The van der Waals surface area contributed by atoms with Gasteiger partial charge in [0.25, 0.3) is 5.91 Å². The highest BCUT2D eigenvalue weighted by Gasteiger charge is 2.08. The zero-order valence-electron chi connectivity index (χ0n) is 14.8. The largest absolute Gasteiger partial charge is 0.489 e. The maximum atomic E-state index is 11.9. The number of anilines is 2. The van der Waals surface area contributed by atoms with Crippen molar-refractivity contribution < 1.29 is 9.53 Å². The highest BCUT2D eigenvalue weighted by Crippen LogP contribution is 2.19. The van der Waals surface area contributed by atoms with Gasteiger partial charge < -0.3 is 15.4 Å². The molecule has 27 heavy (non-hydrogen) atoms. The molecule has 2 N–H and O–H groups in total. The summed E-state index contributed by atoms with van der Waals surface area (Å²) in [6.07, 6.45) is 3.15. The molecule has 3 aromatic rings. The lowest BCUT2D eigenvalue weighted by atomic mass is 10.2. The first-order valence-corrected chi connectivity index (χ1v) is 8.50. The topological polar surface area (TPSA) is 76.1 Å². The van der Waals surface area contributed by atoms with Crippen LogP contribution in [0.3, 0.4) is 0 Å². The summed E-state index contributed by atoms with van der Waals surface area (Å²) in [5.41, 5.74) is 2.20. The summed E-state index contributed by atoms with van der Waals surface area (Å²) >= 11 is 0. The van der Waals surface area contributed by atoms with Gasteiger partial charge in [-0.2, -0.15) is 0 Å². The quantitative estimate of drug-likeness (QED) is 0.599. The molecule has 136 valence electrons. The molecule has 6 heteroatoms. The lowest BCUT2D eigenvalue weighted by molar-refractivity contribution is 0.0953. The van der Waals surface area contributed by atoms with Crippen LogP contribution in [0, 0.1) is 0 Å². The molecule has 0 bridgehead atoms. The number of aromatic nitrogens is 2. The molecule has 1 heterocycles. The highest BCUT2D eigenvalue weighted by molar-refractivity contribution is 5.92. The van der Waals surface area contributed by atoms with Gasteiger partial charge in [-0.1, -0.05) is 36.4 Å². The first kappa shape index (κ1) is 18.1. The number of benzene rings is 2. The average Bonchev–Trinajstić information content (AvgIpc) is 2.72. The van der Waals surface area contributed by atoms with Gasteiger partial charge in [-0.3, -0.25) is 4.79 Å². The molecule has 0 atom stereocenters. The van der Waals surface area contributed by atoms with E-state index in [1.165, 1.54) is 6.20 Å². The summed E-state index contributed by atoms with van der Waals surface area (Å²) < 4.78 is 5.77. The van der Waals surface area contributed by atoms with Gasteiger partial charge in [-0.25, -0.2) is 9.97 Å². The Morgan fingerprint density at radius 3 is 2.59 bits per heavy atom. The standard InChI is InChI=1S/C21H20N4O2/c1-2-13-22-20(26)19-12-14-23-21(25-19)24-17-8-10-18(11-9-17)27-15-16-6-4-3-5-7-16/h2-12,14H,1,13,15H2,(H,22,26)(H,23,24,25). The molecule has 3 rings (SSSR count). The predicted molar refractivity (Wildman–Crippen MR) is 105 cm³/mol. The molecule has 0 aliphatic heterocycles. The van der Waals surface area contributed by atoms with E-state index in [-0.39, 0.29) is 11.6 Å². The Hall–Kier alpha value is -3.67. The molecule has 1 amide bonds. The smallest absolute Gasteiger partial charge is 0.270 e. The SMILES string of the molecule is C=CCNC(=O)c1ccnc(Nc2ccc(OCc3ccccc3)cc2)n1. The fourth-order valence-electron chi connectivity index (χ4n) is 2.31. The summed E-state index contributed by atoms with van der Waals surface area (Å²) in [6, 6.07) is 19.0. The van der Waals surface area contributed by atoms with Gasteiger partial charge in [0, 0.05) is 18.4 Å². The molecule has 0 aliphatic carbocycles. The lowest BCUT2D eigenvalue weighted by Gasteiger charge is -2.09. The van der Waals surface area contributed by atoms with Crippen LogP contribution in [0.5, 0.6) is 5.75 Å². The minimum absolute atomic E-state index is 0.273. The van der Waals surface area contributed by atoms with Gasteiger partial charge in [0.2, 0.25) is 5.95 Å². The van der Waals surface area contributed by atoms with Crippen molar-refractivity contribution in [2.24, 2.45) is 0 Å². The number of hydrogen-bond donors (Lipinski definition) is 2. The molecular formula is C21H20N4O2. The first-order valence-electron chi connectivity index (χ1n) is 8.50. The number of nitrogens with zero attached hydrogens (tertiary/aromatic N) is 2. The van der Waals surface area contributed by atoms with Gasteiger partial charge in [-0.05, 0) is 35.9 Å². The van der Waals surface area contributed by atoms with Crippen molar-refractivity contribution in [2.75, 3.05) is 11.9 Å². The summed E-state index contributed by atoms with van der Waals surface area (Å²) in [5.74, 6) is 0.840. The molecule has 0 spiro atoms. The Balaban J connectivity index is 1.59. The van der Waals surface area contributed by atoms with Crippen LogP contribution in [0.15, 0.2) is 79.5 Å². The van der Waals surface area contributed by atoms with Crippen molar-refractivity contribution in [3.63, 3.8) is 0 Å². The number of ether oxygens (including phenoxy) is 1. The van der Waals surface area contributed by atoms with Crippen LogP contribution in [0.4, 0.5) is 11.6 Å². The van der Waals surface area contributed by atoms with Crippen LogP contribution in [0.1, 0.15) is 16.1 Å². The summed E-state index contributed by atoms with van der Waals surface area (Å²) in [6.45, 7) is 4.46. The van der Waals surface area contributed by atoms with Gasteiger partial charge in [0.05, 0.1) is 0 Å². The molecule has 0 fully saturated rings. The van der Waals surface area contributed by atoms with Crippen LogP contribution in [0.2, 0.25) is 0 Å². The van der Waals surface area contributed by atoms with Crippen LogP contribution in [-0.4, -0.2) is 22.4 Å². The van der Waals surface area contributed by atoms with Crippen LogP contribution >= 0.6 is 0 Å². The van der Waals surface area contributed by atoms with E-state index in [4.69, 9.17) is 4.74 Å². The van der Waals surface area contributed by atoms with Gasteiger partial charge in [-0.15, -0.1) is 6.58 Å². The fraction of sp³-hybridized carbons (Fsp3) is 0.0952. The van der Waals surface area contributed by atoms with Crippen molar-refractivity contribution in [2.45, 2.75) is 6.61 Å². The Labute approximate surface area is 157 Å². The Kier molecular flexibility index (Phi) is 6.14. The number of nitrogens with one attached hydrogen (secondary N) is 2. The van der Waals surface area contributed by atoms with Gasteiger partial charge >= 0.3 is 0 Å². The summed E-state index contributed by atoms with van der Waals surface area (Å²) in [5, 5.41) is 5.76. The third-order valence-corrected chi connectivity index (χ3v) is 3.65. The second-order valence-corrected chi connectivity index (χ2v) is 5.69. The van der Waals surface area contributed by atoms with Crippen molar-refractivity contribution >= 4 is 17.5 Å². The van der Waals surface area contributed by atoms with Crippen molar-refractivity contribution in [1.82, 2.24) is 15.3 Å². The molecule has 0 radical (unpaired) electrons. The maximum absolute atomic E-state index is 11.9. The van der Waals surface area contributed by atoms with Crippen molar-refractivity contribution in [1.29, 1.82) is 0 Å². The monoisotopic (exact) mass is 360 g/mol. The van der Waals surface area contributed by atoms with E-state index < -0.39 is 0 Å². The number of amides is 1. The van der Waals surface area contributed by atoms with Gasteiger partial charge in [0.1, 0.15) is 18.1 Å². The number of hydrogen-bond acceptors (Lipinski definition) is 5. The Morgan fingerprint density at radius 2 is 1.85 bits per heavy atom. The van der Waals surface area contributed by atoms with E-state index >= 15 is 0 Å². The molecule has 6 nitrogen and oxygen atoms in total. The number of carbonyl (C=O) groups is 1. The Bertz CT molecular complexity index is 896. The molecule has 2 aromatic carbocycles. The zero-order valence-corrected chi connectivity index (χ0v) is 14.8. The Morgan fingerprint density at radius 1 is 1.07 bits per heavy atom. The maximum Gasteiger partial charge on any atom is 0.270 e. The number of rotatable bonds is 8. The van der Waals surface area contributed by atoms with E-state index in [0.717, 1.165) is 17.0 Å². The van der Waals surface area contributed by atoms with Crippen molar-refractivity contribution in [3.05, 3.63) is 90.8 Å². The first-order chi connectivity index (χ1) is 13.2. The summed E-state index contributed by atoms with van der Waals surface area (Å²) in [4.78, 5) is 20.3. The van der Waals surface area contributed by atoms with E-state index in [2.05, 4.69) is 27.2 Å². The van der Waals surface area contributed by atoms with E-state index in [1.54, 1.807) is 12.1 Å². The van der Waals surface area contributed by atoms with E-state index in [9.17, 15) is 4.79 Å². The normalized spacial score (nSPS) is 10.1. The average molecular weight is 360 g/mol. The van der Waals surface area contributed by atoms with Crippen LogP contribution < -0.4 is 15.4 Å². The molecule has 0 unspecified atom stereocenters. The zero-order chi connectivity index (χ0) is 18.9. The lowest BCUT2D eigenvalue weighted by Crippen LogP contribution is -2.24. The minimum atomic E-state index is -0.273. The summed E-state index contributed by atoms with van der Waals surface area (Å²) in [7, 11) is 0. The molecule has 0 aliphatic rings. The van der Waals surface area contributed by atoms with Crippen molar-refractivity contribution in [3.8, 4) is 5.75 Å². The third-order valence-electron chi connectivity index (χ3n) is 3.65. The van der Waals surface area contributed by atoms with E-state index in [0.29, 0.717) is 19.1 Å². The third kappa shape index (κ3) is 5.40.